The van der Waals surface area contributed by atoms with Crippen LogP contribution in [-0.2, 0) is 4.79 Å². The van der Waals surface area contributed by atoms with E-state index in [0.717, 1.165) is 11.1 Å². The number of carbonyl (C=O) groups is 2. The van der Waals surface area contributed by atoms with Gasteiger partial charge in [-0.25, -0.2) is 0 Å². The van der Waals surface area contributed by atoms with Crippen molar-refractivity contribution in [2.24, 2.45) is 0 Å². The zero-order valence-corrected chi connectivity index (χ0v) is 15.9. The van der Waals surface area contributed by atoms with Crippen LogP contribution < -0.4 is 20.3 Å². The number of hydrogen-bond acceptors (Lipinski definition) is 5. The molecule has 0 aliphatic heterocycles. The van der Waals surface area contributed by atoms with E-state index in [-0.39, 0.29) is 5.76 Å². The van der Waals surface area contributed by atoms with Gasteiger partial charge in [-0.1, -0.05) is 18.2 Å². The zero-order valence-electron chi connectivity index (χ0n) is 15.9. The molecule has 7 heteroatoms. The predicted octanol–water partition coefficient (Wildman–Crippen LogP) is 3.37. The van der Waals surface area contributed by atoms with E-state index >= 15 is 0 Å². The Morgan fingerprint density at radius 2 is 1.71 bits per heavy atom. The minimum atomic E-state index is -0.810. The molecule has 0 bridgehead atoms. The molecule has 2 amide bonds. The largest absolute Gasteiger partial charge is 0.494 e. The molecule has 28 heavy (non-hydrogen) atoms. The van der Waals surface area contributed by atoms with Gasteiger partial charge in [0.05, 0.1) is 6.61 Å². The van der Waals surface area contributed by atoms with Crippen molar-refractivity contribution >= 4 is 22.8 Å². The van der Waals surface area contributed by atoms with E-state index in [9.17, 15) is 9.59 Å². The second-order valence-corrected chi connectivity index (χ2v) is 6.16. The third-order valence-electron chi connectivity index (χ3n) is 4.17. The van der Waals surface area contributed by atoms with Gasteiger partial charge >= 0.3 is 5.91 Å². The van der Waals surface area contributed by atoms with Crippen LogP contribution in [0.2, 0.25) is 0 Å². The molecule has 3 rings (SSSR count). The maximum Gasteiger partial charge on any atom is 0.305 e. The topological polar surface area (TPSA) is 89.8 Å². The minimum Gasteiger partial charge on any atom is -0.494 e. The van der Waals surface area contributed by atoms with Crippen LogP contribution in [0, 0.1) is 6.92 Å². The lowest BCUT2D eigenvalue weighted by Crippen LogP contribution is -2.47. The molecule has 0 saturated carbocycles. The van der Waals surface area contributed by atoms with E-state index in [1.807, 2.05) is 25.1 Å². The highest BCUT2D eigenvalue weighted by Gasteiger charge is 2.20. The monoisotopic (exact) mass is 382 g/mol. The fourth-order valence-electron chi connectivity index (χ4n) is 2.71. The molecule has 3 aromatic rings. The molecule has 0 saturated heterocycles. The number of ether oxygens (including phenoxy) is 2. The number of carbonyl (C=O) groups excluding carboxylic acids is 2. The minimum absolute atomic E-state index is 0.154. The molecular formula is C21H22N2O5. The quantitative estimate of drug-likeness (QED) is 0.638. The van der Waals surface area contributed by atoms with Crippen molar-refractivity contribution in [2.75, 3.05) is 6.61 Å². The van der Waals surface area contributed by atoms with E-state index in [0.29, 0.717) is 23.5 Å². The Labute approximate surface area is 162 Å². The van der Waals surface area contributed by atoms with Gasteiger partial charge in [0.25, 0.3) is 5.91 Å². The average molecular weight is 382 g/mol. The number of amides is 2. The first-order chi connectivity index (χ1) is 13.5. The van der Waals surface area contributed by atoms with Gasteiger partial charge in [0.2, 0.25) is 0 Å². The van der Waals surface area contributed by atoms with Crippen LogP contribution in [0.1, 0.15) is 30.0 Å². The highest BCUT2D eigenvalue weighted by atomic mass is 16.5. The lowest BCUT2D eigenvalue weighted by Gasteiger charge is -2.15. The molecule has 1 unspecified atom stereocenters. The fourth-order valence-corrected chi connectivity index (χ4v) is 2.71. The van der Waals surface area contributed by atoms with Gasteiger partial charge in [0.1, 0.15) is 17.1 Å². The third kappa shape index (κ3) is 4.25. The van der Waals surface area contributed by atoms with E-state index in [2.05, 4.69) is 10.9 Å². The summed E-state index contributed by atoms with van der Waals surface area (Å²) in [6.07, 6.45) is -0.810. The molecular weight excluding hydrogens is 360 g/mol. The Hall–Kier alpha value is -3.48. The molecule has 146 valence electrons. The average Bonchev–Trinajstić information content (AvgIpc) is 3.04. The summed E-state index contributed by atoms with van der Waals surface area (Å²) < 4.78 is 16.5. The van der Waals surface area contributed by atoms with Crippen LogP contribution in [0.25, 0.3) is 11.0 Å². The van der Waals surface area contributed by atoms with Gasteiger partial charge in [0, 0.05) is 10.9 Å². The number of para-hydroxylation sites is 1. The standard InChI is InChI=1S/C21H22N2O5/c1-4-26-15-9-11-16(12-10-15)27-14(3)20(24)22-23-21(25)19-13(2)17-7-5-6-8-18(17)28-19/h5-12,14H,4H2,1-3H3,(H,22,24)(H,23,25). The highest BCUT2D eigenvalue weighted by molar-refractivity contribution is 5.99. The van der Waals surface area contributed by atoms with Crippen molar-refractivity contribution in [3.63, 3.8) is 0 Å². The lowest BCUT2D eigenvalue weighted by molar-refractivity contribution is -0.128. The Morgan fingerprint density at radius 3 is 2.39 bits per heavy atom. The fraction of sp³-hybridized carbons (Fsp3) is 0.238. The van der Waals surface area contributed by atoms with Gasteiger partial charge in [-0.2, -0.15) is 0 Å². The maximum absolute atomic E-state index is 12.3. The second kappa shape index (κ2) is 8.47. The summed E-state index contributed by atoms with van der Waals surface area (Å²) in [5.41, 5.74) is 6.04. The summed E-state index contributed by atoms with van der Waals surface area (Å²) in [5.74, 6) is 0.374. The number of furan rings is 1. The number of fused-ring (bicyclic) bond motifs is 1. The first-order valence-electron chi connectivity index (χ1n) is 8.97. The molecule has 1 aromatic heterocycles. The number of benzene rings is 2. The summed E-state index contributed by atoms with van der Waals surface area (Å²) in [5, 5.41) is 0.853. The van der Waals surface area contributed by atoms with Gasteiger partial charge in [-0.15, -0.1) is 0 Å². The normalized spacial score (nSPS) is 11.7. The van der Waals surface area contributed by atoms with Crippen molar-refractivity contribution in [1.29, 1.82) is 0 Å². The number of rotatable bonds is 6. The number of aryl methyl sites for hydroxylation is 1. The van der Waals surface area contributed by atoms with E-state index in [1.54, 1.807) is 44.2 Å². The molecule has 0 radical (unpaired) electrons. The molecule has 0 fully saturated rings. The number of hydrogen-bond donors (Lipinski definition) is 2. The Bertz CT molecular complexity index is 978. The maximum atomic E-state index is 12.3. The van der Waals surface area contributed by atoms with Gasteiger partial charge in [-0.05, 0) is 51.1 Å². The van der Waals surface area contributed by atoms with E-state index < -0.39 is 17.9 Å². The van der Waals surface area contributed by atoms with Crippen LogP contribution in [0.4, 0.5) is 0 Å². The Balaban J connectivity index is 1.56. The van der Waals surface area contributed by atoms with Crippen molar-refractivity contribution < 1.29 is 23.5 Å². The number of nitrogens with one attached hydrogen (secondary N) is 2. The van der Waals surface area contributed by atoms with Crippen molar-refractivity contribution in [3.05, 3.63) is 59.9 Å². The van der Waals surface area contributed by atoms with Crippen LogP contribution in [0.3, 0.4) is 0 Å². The molecule has 1 heterocycles. The lowest BCUT2D eigenvalue weighted by atomic mass is 10.1. The second-order valence-electron chi connectivity index (χ2n) is 6.16. The molecule has 2 N–H and O–H groups in total. The van der Waals surface area contributed by atoms with Crippen LogP contribution in [0.5, 0.6) is 11.5 Å². The molecule has 7 nitrogen and oxygen atoms in total. The molecule has 0 aliphatic carbocycles. The first kappa shape index (κ1) is 19.3. The Morgan fingerprint density at radius 1 is 1.04 bits per heavy atom. The SMILES string of the molecule is CCOc1ccc(OC(C)C(=O)NNC(=O)c2oc3ccccc3c2C)cc1. The van der Waals surface area contributed by atoms with Crippen LogP contribution in [-0.4, -0.2) is 24.5 Å². The summed E-state index contributed by atoms with van der Waals surface area (Å²) in [4.78, 5) is 24.5. The summed E-state index contributed by atoms with van der Waals surface area (Å²) in [7, 11) is 0. The van der Waals surface area contributed by atoms with Gasteiger partial charge < -0.3 is 13.9 Å². The van der Waals surface area contributed by atoms with Crippen LogP contribution >= 0.6 is 0 Å². The summed E-state index contributed by atoms with van der Waals surface area (Å²) >= 11 is 0. The number of hydrazine groups is 1. The van der Waals surface area contributed by atoms with E-state index in [1.165, 1.54) is 0 Å². The highest BCUT2D eigenvalue weighted by Crippen LogP contribution is 2.24. The molecule has 2 aromatic carbocycles. The van der Waals surface area contributed by atoms with Crippen LogP contribution in [0.15, 0.2) is 52.9 Å². The van der Waals surface area contributed by atoms with Crippen molar-refractivity contribution in [1.82, 2.24) is 10.9 Å². The third-order valence-corrected chi connectivity index (χ3v) is 4.17. The summed E-state index contributed by atoms with van der Waals surface area (Å²) in [6, 6.07) is 14.3. The molecule has 0 aliphatic rings. The Kier molecular flexibility index (Phi) is 5.84. The zero-order chi connectivity index (χ0) is 20.1. The molecule has 0 spiro atoms. The smallest absolute Gasteiger partial charge is 0.305 e. The van der Waals surface area contributed by atoms with Gasteiger partial charge in [0.15, 0.2) is 11.9 Å². The van der Waals surface area contributed by atoms with Crippen molar-refractivity contribution in [3.8, 4) is 11.5 Å². The molecule has 1 atom stereocenters. The predicted molar refractivity (Wildman–Crippen MR) is 104 cm³/mol. The van der Waals surface area contributed by atoms with Crippen molar-refractivity contribution in [2.45, 2.75) is 26.9 Å². The summed E-state index contributed by atoms with van der Waals surface area (Å²) in [6.45, 7) is 5.85. The first-order valence-corrected chi connectivity index (χ1v) is 8.97. The van der Waals surface area contributed by atoms with Gasteiger partial charge in [-0.3, -0.25) is 20.4 Å². The van der Waals surface area contributed by atoms with E-state index in [4.69, 9.17) is 13.9 Å².